The smallest absolute Gasteiger partial charge is 0.167 e. The lowest BCUT2D eigenvalue weighted by atomic mass is 10.2. The summed E-state index contributed by atoms with van der Waals surface area (Å²) in [5, 5.41) is 9.18. The maximum atomic E-state index is 9.18. The molecule has 0 amide bonds. The highest BCUT2D eigenvalue weighted by molar-refractivity contribution is 9.09. The number of hydrogen-bond donors (Lipinski definition) is 2. The predicted molar refractivity (Wildman–Crippen MR) is 68.1 cm³/mol. The average Bonchev–Trinajstić information content (AvgIpc) is 2.93. The van der Waals surface area contributed by atoms with Crippen molar-refractivity contribution in [2.45, 2.75) is 23.6 Å². The van der Waals surface area contributed by atoms with Crippen LogP contribution in [0.25, 0.3) is 11.2 Å². The van der Waals surface area contributed by atoms with E-state index in [0.29, 0.717) is 17.0 Å². The van der Waals surface area contributed by atoms with E-state index in [4.69, 9.17) is 10.5 Å². The number of halogens is 1. The van der Waals surface area contributed by atoms with Crippen molar-refractivity contribution in [3.8, 4) is 0 Å². The van der Waals surface area contributed by atoms with Crippen molar-refractivity contribution < 1.29 is 9.84 Å². The number of nitrogens with two attached hydrogens (primary N) is 1. The standard InChI is InChI=1S/C10H12BrN5O2/c11-5-1-7(18-6(5)2-17)16-4-15-8-9(12)13-3-14-10(8)16/h3-7,17H,1-2H2,(H2,12,13,14)/t5-,6?,7+/m0/s1. The highest BCUT2D eigenvalue weighted by Gasteiger charge is 2.34. The third-order valence-electron chi connectivity index (χ3n) is 3.04. The summed E-state index contributed by atoms with van der Waals surface area (Å²) in [7, 11) is 0. The first-order valence-electron chi connectivity index (χ1n) is 5.54. The summed E-state index contributed by atoms with van der Waals surface area (Å²) < 4.78 is 7.56. The minimum atomic E-state index is -0.216. The fourth-order valence-electron chi connectivity index (χ4n) is 2.10. The van der Waals surface area contributed by atoms with Crippen molar-refractivity contribution in [3.63, 3.8) is 0 Å². The highest BCUT2D eigenvalue weighted by atomic mass is 79.9. The second-order valence-electron chi connectivity index (χ2n) is 4.15. The molecule has 18 heavy (non-hydrogen) atoms. The molecule has 3 atom stereocenters. The van der Waals surface area contributed by atoms with Crippen molar-refractivity contribution in [1.82, 2.24) is 19.5 Å². The molecule has 0 aliphatic carbocycles. The van der Waals surface area contributed by atoms with Gasteiger partial charge in [-0.3, -0.25) is 4.57 Å². The van der Waals surface area contributed by atoms with Crippen LogP contribution in [0.5, 0.6) is 0 Å². The Bertz CT molecular complexity index is 574. The molecular formula is C10H12BrN5O2. The average molecular weight is 314 g/mol. The lowest BCUT2D eigenvalue weighted by molar-refractivity contribution is -0.0195. The zero-order chi connectivity index (χ0) is 12.7. The zero-order valence-electron chi connectivity index (χ0n) is 9.40. The van der Waals surface area contributed by atoms with Gasteiger partial charge < -0.3 is 15.6 Å². The number of rotatable bonds is 2. The van der Waals surface area contributed by atoms with Gasteiger partial charge >= 0.3 is 0 Å². The summed E-state index contributed by atoms with van der Waals surface area (Å²) in [6, 6.07) is 0. The summed E-state index contributed by atoms with van der Waals surface area (Å²) in [6.45, 7) is -0.0177. The molecule has 2 aromatic rings. The van der Waals surface area contributed by atoms with E-state index in [-0.39, 0.29) is 23.8 Å². The molecule has 96 valence electrons. The quantitative estimate of drug-likeness (QED) is 0.781. The molecule has 1 unspecified atom stereocenters. The first-order valence-corrected chi connectivity index (χ1v) is 6.45. The summed E-state index contributed by atoms with van der Waals surface area (Å²) in [5.74, 6) is 0.353. The van der Waals surface area contributed by atoms with Crippen LogP contribution in [0.2, 0.25) is 0 Å². The number of aromatic nitrogens is 4. The molecule has 1 saturated heterocycles. The van der Waals surface area contributed by atoms with Gasteiger partial charge in [-0.25, -0.2) is 15.0 Å². The number of aliphatic hydroxyl groups is 1. The van der Waals surface area contributed by atoms with Gasteiger partial charge in [-0.15, -0.1) is 0 Å². The Morgan fingerprint density at radius 2 is 2.33 bits per heavy atom. The van der Waals surface area contributed by atoms with Crippen molar-refractivity contribution in [2.24, 2.45) is 0 Å². The van der Waals surface area contributed by atoms with Crippen LogP contribution in [0.15, 0.2) is 12.7 Å². The van der Waals surface area contributed by atoms with E-state index in [1.54, 1.807) is 6.33 Å². The Hall–Kier alpha value is -1.25. The summed E-state index contributed by atoms with van der Waals surface area (Å²) in [4.78, 5) is 12.4. The number of ether oxygens (including phenoxy) is 1. The summed E-state index contributed by atoms with van der Waals surface area (Å²) in [5.41, 5.74) is 6.95. The molecule has 3 heterocycles. The van der Waals surface area contributed by atoms with Crippen LogP contribution in [0.4, 0.5) is 5.82 Å². The first kappa shape index (κ1) is 11.8. The van der Waals surface area contributed by atoms with Crippen molar-refractivity contribution in [1.29, 1.82) is 0 Å². The molecule has 1 fully saturated rings. The largest absolute Gasteiger partial charge is 0.394 e. The van der Waals surface area contributed by atoms with Gasteiger partial charge in [0.2, 0.25) is 0 Å². The number of aliphatic hydroxyl groups excluding tert-OH is 1. The van der Waals surface area contributed by atoms with E-state index in [1.165, 1.54) is 6.33 Å². The lowest BCUT2D eigenvalue weighted by Gasteiger charge is -2.13. The fraction of sp³-hybridized carbons (Fsp3) is 0.500. The zero-order valence-corrected chi connectivity index (χ0v) is 11.0. The van der Waals surface area contributed by atoms with Gasteiger partial charge in [-0.2, -0.15) is 0 Å². The van der Waals surface area contributed by atoms with Gasteiger partial charge in [-0.1, -0.05) is 15.9 Å². The number of anilines is 1. The van der Waals surface area contributed by atoms with Crippen molar-refractivity contribution in [3.05, 3.63) is 12.7 Å². The van der Waals surface area contributed by atoms with Crippen molar-refractivity contribution in [2.75, 3.05) is 12.3 Å². The molecule has 1 aliphatic heterocycles. The molecule has 3 N–H and O–H groups in total. The second kappa shape index (κ2) is 4.45. The molecule has 2 aromatic heterocycles. The fourth-order valence-corrected chi connectivity index (χ4v) is 2.72. The highest BCUT2D eigenvalue weighted by Crippen LogP contribution is 2.34. The van der Waals surface area contributed by atoms with Crippen LogP contribution in [-0.4, -0.2) is 42.2 Å². The molecule has 3 rings (SSSR count). The SMILES string of the molecule is Nc1ncnc2c1ncn2[C@H]1C[C@H](Br)C(CO)O1. The van der Waals surface area contributed by atoms with Gasteiger partial charge in [0.15, 0.2) is 11.5 Å². The van der Waals surface area contributed by atoms with Crippen LogP contribution < -0.4 is 5.73 Å². The molecule has 0 spiro atoms. The van der Waals surface area contributed by atoms with Crippen LogP contribution in [0, 0.1) is 0 Å². The molecule has 0 saturated carbocycles. The van der Waals surface area contributed by atoms with Gasteiger partial charge in [-0.05, 0) is 0 Å². The maximum Gasteiger partial charge on any atom is 0.167 e. The second-order valence-corrected chi connectivity index (χ2v) is 5.32. The maximum absolute atomic E-state index is 9.18. The van der Waals surface area contributed by atoms with E-state index in [0.717, 1.165) is 6.42 Å². The Morgan fingerprint density at radius 3 is 3.06 bits per heavy atom. The van der Waals surface area contributed by atoms with Gasteiger partial charge in [0.05, 0.1) is 19.0 Å². The van der Waals surface area contributed by atoms with E-state index in [2.05, 4.69) is 30.9 Å². The van der Waals surface area contributed by atoms with Crippen LogP contribution in [0.3, 0.4) is 0 Å². The Labute approximate surface area is 111 Å². The number of nitrogens with zero attached hydrogens (tertiary/aromatic N) is 4. The first-order chi connectivity index (χ1) is 8.70. The van der Waals surface area contributed by atoms with Crippen molar-refractivity contribution >= 4 is 32.9 Å². The predicted octanol–water partition coefficient (Wildman–Crippen LogP) is 0.452. The molecule has 0 radical (unpaired) electrons. The number of nitrogen functional groups attached to an aromatic ring is 1. The Morgan fingerprint density at radius 1 is 1.50 bits per heavy atom. The molecule has 8 heteroatoms. The van der Waals surface area contributed by atoms with E-state index in [1.807, 2.05) is 4.57 Å². The molecule has 0 aromatic carbocycles. The minimum Gasteiger partial charge on any atom is -0.394 e. The van der Waals surface area contributed by atoms with E-state index in [9.17, 15) is 5.11 Å². The Kier molecular flexibility index (Phi) is 2.92. The third-order valence-corrected chi connectivity index (χ3v) is 4.00. The van der Waals surface area contributed by atoms with E-state index >= 15 is 0 Å². The minimum absolute atomic E-state index is 0.0177. The summed E-state index contributed by atoms with van der Waals surface area (Å²) in [6.07, 6.45) is 3.36. The lowest BCUT2D eigenvalue weighted by Crippen LogP contribution is -2.20. The van der Waals surface area contributed by atoms with Crippen LogP contribution >= 0.6 is 15.9 Å². The summed E-state index contributed by atoms with van der Waals surface area (Å²) >= 11 is 3.49. The number of hydrogen-bond acceptors (Lipinski definition) is 6. The van der Waals surface area contributed by atoms with Gasteiger partial charge in [0.1, 0.15) is 18.1 Å². The monoisotopic (exact) mass is 313 g/mol. The third kappa shape index (κ3) is 1.76. The molecular weight excluding hydrogens is 302 g/mol. The number of imidazole rings is 1. The van der Waals surface area contributed by atoms with Crippen LogP contribution in [0.1, 0.15) is 12.6 Å². The molecule has 7 nitrogen and oxygen atoms in total. The number of alkyl halides is 1. The van der Waals surface area contributed by atoms with Crippen LogP contribution in [-0.2, 0) is 4.74 Å². The normalized spacial score (nSPS) is 28.0. The van der Waals surface area contributed by atoms with E-state index < -0.39 is 0 Å². The Balaban J connectivity index is 1.99. The molecule has 1 aliphatic rings. The number of fused-ring (bicyclic) bond motifs is 1. The molecule has 0 bridgehead atoms. The van der Waals surface area contributed by atoms with Gasteiger partial charge in [0, 0.05) is 11.2 Å². The topological polar surface area (TPSA) is 99.1 Å². The van der Waals surface area contributed by atoms with Gasteiger partial charge in [0.25, 0.3) is 0 Å².